The van der Waals surface area contributed by atoms with Crippen LogP contribution in [-0.2, 0) is 10.0 Å². The van der Waals surface area contributed by atoms with Crippen LogP contribution in [0.2, 0.25) is 0 Å². The lowest BCUT2D eigenvalue weighted by atomic mass is 10.1. The van der Waals surface area contributed by atoms with Gasteiger partial charge in [0, 0.05) is 5.56 Å². The van der Waals surface area contributed by atoms with Crippen molar-refractivity contribution in [1.29, 1.82) is 0 Å². The highest BCUT2D eigenvalue weighted by atomic mass is 32.2. The van der Waals surface area contributed by atoms with Crippen molar-refractivity contribution in [2.75, 3.05) is 4.72 Å². The topological polar surface area (TPSA) is 101 Å². The summed E-state index contributed by atoms with van der Waals surface area (Å²) in [6.07, 6.45) is 0. The molecule has 1 aromatic carbocycles. The van der Waals surface area contributed by atoms with E-state index in [1.54, 1.807) is 39.0 Å². The van der Waals surface area contributed by atoms with Crippen LogP contribution in [0.15, 0.2) is 23.1 Å². The third kappa shape index (κ3) is 3.06. The maximum absolute atomic E-state index is 12.5. The lowest BCUT2D eigenvalue weighted by Crippen LogP contribution is -2.16. The summed E-state index contributed by atoms with van der Waals surface area (Å²) in [5, 5.41) is 6.57. The van der Waals surface area contributed by atoms with E-state index in [0.29, 0.717) is 22.6 Å². The number of nitrogens with two attached hydrogens (primary N) is 1. The second-order valence-electron chi connectivity index (χ2n) is 4.76. The van der Waals surface area contributed by atoms with Crippen LogP contribution in [0.25, 0.3) is 0 Å². The quantitative estimate of drug-likeness (QED) is 0.744. The van der Waals surface area contributed by atoms with Crippen LogP contribution >= 0.6 is 12.2 Å². The van der Waals surface area contributed by atoms with Crippen molar-refractivity contribution < 1.29 is 8.42 Å². The fourth-order valence-corrected chi connectivity index (χ4v) is 3.64. The van der Waals surface area contributed by atoms with Crippen LogP contribution < -0.4 is 10.5 Å². The van der Waals surface area contributed by atoms with Gasteiger partial charge in [0.25, 0.3) is 10.0 Å². The van der Waals surface area contributed by atoms with E-state index >= 15 is 0 Å². The molecule has 0 aliphatic carbocycles. The first-order chi connectivity index (χ1) is 9.72. The predicted molar refractivity (Wildman–Crippen MR) is 85.9 cm³/mol. The van der Waals surface area contributed by atoms with Crippen LogP contribution in [0, 0.1) is 20.8 Å². The molecule has 0 saturated heterocycles. The molecule has 0 unspecified atom stereocenters. The van der Waals surface area contributed by atoms with Crippen molar-refractivity contribution >= 4 is 32.9 Å². The van der Waals surface area contributed by atoms with Gasteiger partial charge in [0.15, 0.2) is 0 Å². The van der Waals surface area contributed by atoms with E-state index in [0.717, 1.165) is 5.56 Å². The van der Waals surface area contributed by atoms with E-state index < -0.39 is 10.0 Å². The van der Waals surface area contributed by atoms with E-state index in [9.17, 15) is 8.42 Å². The van der Waals surface area contributed by atoms with E-state index in [1.165, 1.54) is 0 Å². The number of thiocarbonyl (C=S) groups is 1. The molecule has 4 N–H and O–H groups in total. The normalized spacial score (nSPS) is 11.4. The van der Waals surface area contributed by atoms with Gasteiger partial charge < -0.3 is 5.73 Å². The standard InChI is InChI=1S/C13H16N4O2S2/c1-7-4-5-10(13(14)20)6-11(7)17-21(18,19)12-8(2)15-16-9(12)3/h4-6,17H,1-3H3,(H2,14,20)(H,15,16). The molecular formula is C13H16N4O2S2. The molecule has 112 valence electrons. The first-order valence-electron chi connectivity index (χ1n) is 6.17. The predicted octanol–water partition coefficient (Wildman–Crippen LogP) is 1.77. The van der Waals surface area contributed by atoms with Crippen molar-refractivity contribution in [3.63, 3.8) is 0 Å². The van der Waals surface area contributed by atoms with Gasteiger partial charge in [-0.25, -0.2) is 8.42 Å². The first-order valence-corrected chi connectivity index (χ1v) is 8.06. The molecule has 0 atom stereocenters. The Hall–Kier alpha value is -1.93. The third-order valence-corrected chi connectivity index (χ3v) is 4.96. The Morgan fingerprint density at radius 1 is 1.33 bits per heavy atom. The zero-order chi connectivity index (χ0) is 15.8. The summed E-state index contributed by atoms with van der Waals surface area (Å²) < 4.78 is 27.6. The number of H-pyrrole nitrogens is 1. The van der Waals surface area contributed by atoms with Gasteiger partial charge in [-0.1, -0.05) is 24.4 Å². The van der Waals surface area contributed by atoms with Crippen molar-refractivity contribution in [3.8, 4) is 0 Å². The molecule has 0 fully saturated rings. The number of hydrogen-bond acceptors (Lipinski definition) is 4. The number of aryl methyl sites for hydroxylation is 3. The third-order valence-electron chi connectivity index (χ3n) is 3.10. The van der Waals surface area contributed by atoms with Gasteiger partial charge in [0.2, 0.25) is 0 Å². The fraction of sp³-hybridized carbons (Fsp3) is 0.231. The summed E-state index contributed by atoms with van der Waals surface area (Å²) in [4.78, 5) is 0.369. The molecule has 2 rings (SSSR count). The van der Waals surface area contributed by atoms with E-state index in [2.05, 4.69) is 14.9 Å². The average Bonchev–Trinajstić information content (AvgIpc) is 2.71. The maximum atomic E-state index is 12.5. The second kappa shape index (κ2) is 5.45. The molecule has 6 nitrogen and oxygen atoms in total. The summed E-state index contributed by atoms with van der Waals surface area (Å²) in [7, 11) is -3.72. The Balaban J connectivity index is 2.46. The number of sulfonamides is 1. The molecule has 0 aliphatic heterocycles. The summed E-state index contributed by atoms with van der Waals surface area (Å²) in [5.74, 6) is 0. The summed E-state index contributed by atoms with van der Waals surface area (Å²) >= 11 is 4.91. The van der Waals surface area contributed by atoms with Gasteiger partial charge in [-0.15, -0.1) is 0 Å². The lowest BCUT2D eigenvalue weighted by molar-refractivity contribution is 0.600. The van der Waals surface area contributed by atoms with Crippen LogP contribution in [0.1, 0.15) is 22.5 Å². The van der Waals surface area contributed by atoms with Crippen LogP contribution in [0.4, 0.5) is 5.69 Å². The smallest absolute Gasteiger partial charge is 0.265 e. The van der Waals surface area contributed by atoms with Crippen molar-refractivity contribution in [3.05, 3.63) is 40.7 Å². The zero-order valence-corrected chi connectivity index (χ0v) is 13.5. The summed E-state index contributed by atoms with van der Waals surface area (Å²) in [6.45, 7) is 5.10. The molecule has 0 radical (unpaired) electrons. The Kier molecular flexibility index (Phi) is 4.02. The van der Waals surface area contributed by atoms with Gasteiger partial charge in [0.1, 0.15) is 9.88 Å². The largest absolute Gasteiger partial charge is 0.389 e. The Bertz CT molecular complexity index is 790. The molecule has 0 amide bonds. The minimum absolute atomic E-state index is 0.155. The molecule has 0 spiro atoms. The lowest BCUT2D eigenvalue weighted by Gasteiger charge is -2.12. The number of benzene rings is 1. The van der Waals surface area contributed by atoms with Crippen molar-refractivity contribution in [1.82, 2.24) is 10.2 Å². The van der Waals surface area contributed by atoms with Gasteiger partial charge >= 0.3 is 0 Å². The van der Waals surface area contributed by atoms with Crippen LogP contribution in [0.5, 0.6) is 0 Å². The van der Waals surface area contributed by atoms with E-state index in [4.69, 9.17) is 18.0 Å². The highest BCUT2D eigenvalue weighted by Crippen LogP contribution is 2.24. The SMILES string of the molecule is Cc1ccc(C(N)=S)cc1NS(=O)(=O)c1c(C)n[nH]c1C. The molecule has 1 heterocycles. The Labute approximate surface area is 128 Å². The fourth-order valence-electron chi connectivity index (χ4n) is 2.02. The maximum Gasteiger partial charge on any atom is 0.265 e. The number of nitrogens with one attached hydrogen (secondary N) is 2. The number of aromatic amines is 1. The van der Waals surface area contributed by atoms with Crippen molar-refractivity contribution in [2.45, 2.75) is 25.7 Å². The molecule has 2 aromatic rings. The molecule has 0 aliphatic rings. The molecule has 8 heteroatoms. The van der Waals surface area contributed by atoms with Gasteiger partial charge in [-0.05, 0) is 32.4 Å². The summed E-state index contributed by atoms with van der Waals surface area (Å²) in [6, 6.07) is 5.14. The minimum atomic E-state index is -3.72. The van der Waals surface area contributed by atoms with Gasteiger partial charge in [-0.3, -0.25) is 9.82 Å². The molecule has 1 aromatic heterocycles. The van der Waals surface area contributed by atoms with E-state index in [-0.39, 0.29) is 9.88 Å². The number of rotatable bonds is 4. The highest BCUT2D eigenvalue weighted by Gasteiger charge is 2.23. The van der Waals surface area contributed by atoms with Gasteiger partial charge in [-0.2, -0.15) is 5.10 Å². The summed E-state index contributed by atoms with van der Waals surface area (Å²) in [5.41, 5.74) is 8.31. The molecular weight excluding hydrogens is 308 g/mol. The number of aromatic nitrogens is 2. The number of nitrogens with zero attached hydrogens (tertiary/aromatic N) is 1. The minimum Gasteiger partial charge on any atom is -0.389 e. The molecule has 0 saturated carbocycles. The zero-order valence-electron chi connectivity index (χ0n) is 11.9. The Morgan fingerprint density at radius 2 is 2.00 bits per heavy atom. The molecule has 21 heavy (non-hydrogen) atoms. The number of hydrogen-bond donors (Lipinski definition) is 3. The highest BCUT2D eigenvalue weighted by molar-refractivity contribution is 7.92. The van der Waals surface area contributed by atoms with Crippen molar-refractivity contribution in [2.24, 2.45) is 5.73 Å². The van der Waals surface area contributed by atoms with Crippen LogP contribution in [0.3, 0.4) is 0 Å². The van der Waals surface area contributed by atoms with Gasteiger partial charge in [0.05, 0.1) is 17.1 Å². The number of anilines is 1. The molecule has 0 bridgehead atoms. The van der Waals surface area contributed by atoms with Crippen LogP contribution in [-0.4, -0.2) is 23.6 Å². The average molecular weight is 324 g/mol. The Morgan fingerprint density at radius 3 is 2.52 bits per heavy atom. The monoisotopic (exact) mass is 324 g/mol. The second-order valence-corrected chi connectivity index (χ2v) is 6.82. The van der Waals surface area contributed by atoms with E-state index in [1.807, 2.05) is 0 Å². The first kappa shape index (κ1) is 15.5.